The lowest BCUT2D eigenvalue weighted by molar-refractivity contribution is -0.121. The van der Waals surface area contributed by atoms with Gasteiger partial charge in [0.2, 0.25) is 0 Å². The lowest BCUT2D eigenvalue weighted by atomic mass is 10.1. The van der Waals surface area contributed by atoms with Crippen molar-refractivity contribution >= 4 is 27.2 Å². The maximum atomic E-state index is 12.8. The van der Waals surface area contributed by atoms with E-state index in [0.717, 1.165) is 0 Å². The molecule has 0 spiro atoms. The Morgan fingerprint density at radius 3 is 2.30 bits per heavy atom. The second-order valence-electron chi connectivity index (χ2n) is 6.53. The molecule has 1 saturated heterocycles. The lowest BCUT2D eigenvalue weighted by Gasteiger charge is -2.28. The number of Topliss-reactive ketones (excluding diaryl/α,β-unsaturated/α-hetero) is 1. The fourth-order valence-electron chi connectivity index (χ4n) is 3.13. The molecule has 1 amide bonds. The molecule has 0 N–H and O–H groups in total. The van der Waals surface area contributed by atoms with Crippen LogP contribution in [0.4, 0.5) is 5.69 Å². The Morgan fingerprint density at radius 2 is 1.74 bits per heavy atom. The number of carbonyl (C=O) groups is 2. The van der Waals surface area contributed by atoms with Crippen molar-refractivity contribution < 1.29 is 22.7 Å². The molecule has 0 aliphatic carbocycles. The van der Waals surface area contributed by atoms with E-state index in [4.69, 9.17) is 4.74 Å². The number of hydrogen-bond acceptors (Lipinski definition) is 5. The largest absolute Gasteiger partial charge is 0.484 e. The van der Waals surface area contributed by atoms with Crippen LogP contribution >= 0.6 is 0 Å². The number of para-hydroxylation sites is 1. The molecule has 1 aliphatic heterocycles. The number of ketones is 1. The SMILES string of the molecule is CC(=O)c1ccc(OCC(=O)N(c2ccccc2)[C@@H]2CCS(=O)(=O)C2)cc1. The Kier molecular flexibility index (Phi) is 5.60. The van der Waals surface area contributed by atoms with Gasteiger partial charge in [0.25, 0.3) is 5.91 Å². The molecule has 1 fully saturated rings. The van der Waals surface area contributed by atoms with Crippen LogP contribution in [0.25, 0.3) is 0 Å². The average Bonchev–Trinajstić information content (AvgIpc) is 3.00. The predicted octanol–water partition coefficient (Wildman–Crippen LogP) is 2.49. The number of carbonyl (C=O) groups excluding carboxylic acids is 2. The first-order valence-electron chi connectivity index (χ1n) is 8.67. The zero-order chi connectivity index (χ0) is 19.4. The van der Waals surface area contributed by atoms with E-state index in [1.54, 1.807) is 48.5 Å². The number of nitrogens with zero attached hydrogens (tertiary/aromatic N) is 1. The first-order valence-corrected chi connectivity index (χ1v) is 10.5. The van der Waals surface area contributed by atoms with Gasteiger partial charge in [0.15, 0.2) is 22.2 Å². The third kappa shape index (κ3) is 4.74. The number of ether oxygens (including phenoxy) is 1. The molecule has 3 rings (SSSR count). The molecule has 2 aromatic rings. The number of rotatable bonds is 6. The van der Waals surface area contributed by atoms with Gasteiger partial charge < -0.3 is 9.64 Å². The van der Waals surface area contributed by atoms with Crippen molar-refractivity contribution in [3.63, 3.8) is 0 Å². The van der Waals surface area contributed by atoms with E-state index in [-0.39, 0.29) is 29.8 Å². The number of hydrogen-bond donors (Lipinski definition) is 0. The van der Waals surface area contributed by atoms with E-state index < -0.39 is 15.9 Å². The average molecular weight is 387 g/mol. The normalized spacial score (nSPS) is 18.0. The summed E-state index contributed by atoms with van der Waals surface area (Å²) in [6, 6.07) is 15.2. The molecule has 1 heterocycles. The molecule has 0 saturated carbocycles. The van der Waals surface area contributed by atoms with Crippen molar-refractivity contribution in [2.75, 3.05) is 23.0 Å². The van der Waals surface area contributed by atoms with Gasteiger partial charge in [-0.3, -0.25) is 9.59 Å². The van der Waals surface area contributed by atoms with Crippen LogP contribution in [0.5, 0.6) is 5.75 Å². The molecule has 0 unspecified atom stereocenters. The van der Waals surface area contributed by atoms with E-state index >= 15 is 0 Å². The molecular weight excluding hydrogens is 366 g/mol. The first kappa shape index (κ1) is 19.1. The fourth-order valence-corrected chi connectivity index (χ4v) is 4.83. The van der Waals surface area contributed by atoms with Crippen LogP contribution in [0.2, 0.25) is 0 Å². The van der Waals surface area contributed by atoms with Crippen LogP contribution < -0.4 is 9.64 Å². The van der Waals surface area contributed by atoms with Crippen molar-refractivity contribution in [3.8, 4) is 5.75 Å². The topological polar surface area (TPSA) is 80.8 Å². The minimum Gasteiger partial charge on any atom is -0.484 e. The van der Waals surface area contributed by atoms with Gasteiger partial charge in [0.1, 0.15) is 5.75 Å². The molecule has 1 atom stereocenters. The summed E-state index contributed by atoms with van der Waals surface area (Å²) in [6.45, 7) is 1.26. The van der Waals surface area contributed by atoms with E-state index in [9.17, 15) is 18.0 Å². The van der Waals surface area contributed by atoms with Crippen molar-refractivity contribution in [1.29, 1.82) is 0 Å². The Morgan fingerprint density at radius 1 is 1.07 bits per heavy atom. The van der Waals surface area contributed by atoms with Gasteiger partial charge in [-0.25, -0.2) is 8.42 Å². The molecule has 2 aromatic carbocycles. The number of sulfone groups is 1. The highest BCUT2D eigenvalue weighted by atomic mass is 32.2. The van der Waals surface area contributed by atoms with Gasteiger partial charge >= 0.3 is 0 Å². The number of anilines is 1. The van der Waals surface area contributed by atoms with Gasteiger partial charge in [-0.1, -0.05) is 18.2 Å². The quantitative estimate of drug-likeness (QED) is 0.712. The maximum Gasteiger partial charge on any atom is 0.265 e. The Bertz CT molecular complexity index is 923. The summed E-state index contributed by atoms with van der Waals surface area (Å²) >= 11 is 0. The summed E-state index contributed by atoms with van der Waals surface area (Å²) < 4.78 is 29.3. The summed E-state index contributed by atoms with van der Waals surface area (Å²) in [6.07, 6.45) is 0.413. The van der Waals surface area contributed by atoms with Crippen LogP contribution in [0.15, 0.2) is 54.6 Å². The third-order valence-corrected chi connectivity index (χ3v) is 6.25. The van der Waals surface area contributed by atoms with Crippen molar-refractivity contribution in [2.45, 2.75) is 19.4 Å². The van der Waals surface area contributed by atoms with E-state index in [2.05, 4.69) is 0 Å². The molecule has 27 heavy (non-hydrogen) atoms. The van der Waals surface area contributed by atoms with Gasteiger partial charge in [0, 0.05) is 11.3 Å². The van der Waals surface area contributed by atoms with Gasteiger partial charge in [-0.2, -0.15) is 0 Å². The predicted molar refractivity (Wildman–Crippen MR) is 103 cm³/mol. The van der Waals surface area contributed by atoms with Gasteiger partial charge in [-0.15, -0.1) is 0 Å². The second-order valence-corrected chi connectivity index (χ2v) is 8.75. The summed E-state index contributed by atoms with van der Waals surface area (Å²) in [5, 5.41) is 0. The van der Waals surface area contributed by atoms with Crippen LogP contribution in [0.1, 0.15) is 23.7 Å². The van der Waals surface area contributed by atoms with Gasteiger partial charge in [0.05, 0.1) is 17.5 Å². The van der Waals surface area contributed by atoms with Crippen LogP contribution in [0, 0.1) is 0 Å². The van der Waals surface area contributed by atoms with Crippen molar-refractivity contribution in [2.24, 2.45) is 0 Å². The molecule has 0 aromatic heterocycles. The molecule has 1 aliphatic rings. The number of benzene rings is 2. The second kappa shape index (κ2) is 7.92. The molecular formula is C20H21NO5S. The number of amides is 1. The first-order chi connectivity index (χ1) is 12.9. The smallest absolute Gasteiger partial charge is 0.265 e. The summed E-state index contributed by atoms with van der Waals surface area (Å²) in [4.78, 5) is 25.7. The molecule has 0 bridgehead atoms. The third-order valence-electron chi connectivity index (χ3n) is 4.50. The lowest BCUT2D eigenvalue weighted by Crippen LogP contribution is -2.43. The van der Waals surface area contributed by atoms with Crippen molar-refractivity contribution in [3.05, 3.63) is 60.2 Å². The molecule has 142 valence electrons. The Balaban J connectivity index is 1.74. The zero-order valence-electron chi connectivity index (χ0n) is 15.0. The van der Waals surface area contributed by atoms with E-state index in [1.807, 2.05) is 6.07 Å². The highest BCUT2D eigenvalue weighted by molar-refractivity contribution is 7.91. The van der Waals surface area contributed by atoms with Crippen molar-refractivity contribution in [1.82, 2.24) is 0 Å². The zero-order valence-corrected chi connectivity index (χ0v) is 15.8. The molecule has 0 radical (unpaired) electrons. The van der Waals surface area contributed by atoms with Crippen LogP contribution in [-0.4, -0.2) is 44.3 Å². The van der Waals surface area contributed by atoms with E-state index in [0.29, 0.717) is 23.4 Å². The minimum absolute atomic E-state index is 0.0407. The van der Waals surface area contributed by atoms with Crippen LogP contribution in [0.3, 0.4) is 0 Å². The highest BCUT2D eigenvalue weighted by Crippen LogP contribution is 2.25. The van der Waals surface area contributed by atoms with Crippen LogP contribution in [-0.2, 0) is 14.6 Å². The highest BCUT2D eigenvalue weighted by Gasteiger charge is 2.35. The minimum atomic E-state index is -3.13. The van der Waals surface area contributed by atoms with E-state index in [1.165, 1.54) is 11.8 Å². The maximum absolute atomic E-state index is 12.8. The van der Waals surface area contributed by atoms with Gasteiger partial charge in [-0.05, 0) is 49.7 Å². The monoisotopic (exact) mass is 387 g/mol. The summed E-state index contributed by atoms with van der Waals surface area (Å²) in [5.74, 6) is 0.164. The molecule has 7 heteroatoms. The standard InChI is InChI=1S/C20H21NO5S/c1-15(22)16-7-9-19(10-8-16)26-13-20(23)21(17-5-3-2-4-6-17)18-11-12-27(24,25)14-18/h2-10,18H,11-14H2,1H3/t18-/m1/s1. The fraction of sp³-hybridized carbons (Fsp3) is 0.300. The Hall–Kier alpha value is -2.67. The Labute approximate surface area is 158 Å². The summed E-state index contributed by atoms with van der Waals surface area (Å²) in [5.41, 5.74) is 1.22. The summed E-state index contributed by atoms with van der Waals surface area (Å²) in [7, 11) is -3.13. The molecule has 6 nitrogen and oxygen atoms in total.